The number of carbonyl (C=O) groups excluding carboxylic acids is 2. The molecule has 2 aromatic carbocycles. The maximum absolute atomic E-state index is 12.5. The fourth-order valence-electron chi connectivity index (χ4n) is 3.04. The zero-order valence-corrected chi connectivity index (χ0v) is 16.2. The molecule has 0 saturated carbocycles. The zero-order valence-electron chi connectivity index (χ0n) is 16.2. The van der Waals surface area contributed by atoms with E-state index in [1.165, 1.54) is 12.3 Å². The van der Waals surface area contributed by atoms with Gasteiger partial charge in [-0.1, -0.05) is 35.9 Å². The molecule has 142 valence electrons. The van der Waals surface area contributed by atoms with Crippen LogP contribution < -0.4 is 10.6 Å². The second-order valence-corrected chi connectivity index (χ2v) is 6.93. The van der Waals surface area contributed by atoms with Crippen molar-refractivity contribution < 1.29 is 9.59 Å². The van der Waals surface area contributed by atoms with E-state index in [0.717, 1.165) is 22.3 Å². The van der Waals surface area contributed by atoms with Crippen LogP contribution in [0.15, 0.2) is 60.8 Å². The molecule has 2 N–H and O–H groups in total. The first-order valence-electron chi connectivity index (χ1n) is 9.10. The van der Waals surface area contributed by atoms with Crippen LogP contribution in [0.4, 0.5) is 5.69 Å². The number of nitrogens with one attached hydrogen (secondary N) is 2. The molecule has 1 aromatic heterocycles. The highest BCUT2D eigenvalue weighted by Crippen LogP contribution is 2.15. The van der Waals surface area contributed by atoms with Crippen LogP contribution in [0.1, 0.15) is 43.1 Å². The van der Waals surface area contributed by atoms with E-state index in [1.54, 1.807) is 6.07 Å². The zero-order chi connectivity index (χ0) is 20.1. The van der Waals surface area contributed by atoms with E-state index in [2.05, 4.69) is 15.6 Å². The maximum Gasteiger partial charge on any atom is 0.274 e. The van der Waals surface area contributed by atoms with Gasteiger partial charge in [-0.3, -0.25) is 14.6 Å². The number of carbonyl (C=O) groups is 2. The van der Waals surface area contributed by atoms with Crippen molar-refractivity contribution in [1.82, 2.24) is 10.3 Å². The van der Waals surface area contributed by atoms with E-state index in [-0.39, 0.29) is 17.5 Å². The molecule has 5 heteroatoms. The maximum atomic E-state index is 12.5. The standard InChI is InChI=1S/C23H23N3O2/c1-15-5-4-6-18(10-15)14-25-22(27)19-7-8-24-21(13-19)23(28)26-20-11-16(2)9-17(3)12-20/h4-13H,14H2,1-3H3,(H,25,27)(H,26,28). The van der Waals surface area contributed by atoms with Crippen LogP contribution in [0, 0.1) is 20.8 Å². The summed E-state index contributed by atoms with van der Waals surface area (Å²) in [6.07, 6.45) is 1.47. The number of rotatable bonds is 5. The van der Waals surface area contributed by atoms with Gasteiger partial charge in [-0.2, -0.15) is 0 Å². The molecule has 0 unspecified atom stereocenters. The summed E-state index contributed by atoms with van der Waals surface area (Å²) < 4.78 is 0. The Balaban J connectivity index is 1.68. The second-order valence-electron chi connectivity index (χ2n) is 6.93. The summed E-state index contributed by atoms with van der Waals surface area (Å²) in [4.78, 5) is 29.1. The van der Waals surface area contributed by atoms with Crippen LogP contribution in [0.5, 0.6) is 0 Å². The first-order chi connectivity index (χ1) is 13.4. The fraction of sp³-hybridized carbons (Fsp3) is 0.174. The Bertz CT molecular complexity index is 1010. The number of aromatic nitrogens is 1. The Morgan fingerprint density at radius 1 is 0.857 bits per heavy atom. The second kappa shape index (κ2) is 8.48. The number of hydrogen-bond acceptors (Lipinski definition) is 3. The number of anilines is 1. The Morgan fingerprint density at radius 2 is 1.61 bits per heavy atom. The minimum Gasteiger partial charge on any atom is -0.348 e. The third-order valence-electron chi connectivity index (χ3n) is 4.27. The van der Waals surface area contributed by atoms with Gasteiger partial charge in [-0.15, -0.1) is 0 Å². The molecule has 28 heavy (non-hydrogen) atoms. The topological polar surface area (TPSA) is 71.1 Å². The van der Waals surface area contributed by atoms with E-state index >= 15 is 0 Å². The summed E-state index contributed by atoms with van der Waals surface area (Å²) in [5, 5.41) is 5.71. The summed E-state index contributed by atoms with van der Waals surface area (Å²) >= 11 is 0. The summed E-state index contributed by atoms with van der Waals surface area (Å²) in [5.74, 6) is -0.595. The molecule has 5 nitrogen and oxygen atoms in total. The summed E-state index contributed by atoms with van der Waals surface area (Å²) in [5.41, 5.74) is 5.59. The minimum atomic E-state index is -0.349. The summed E-state index contributed by atoms with van der Waals surface area (Å²) in [6, 6.07) is 16.9. The van der Waals surface area contributed by atoms with Crippen molar-refractivity contribution in [2.75, 3.05) is 5.32 Å². The van der Waals surface area contributed by atoms with E-state index in [9.17, 15) is 9.59 Å². The largest absolute Gasteiger partial charge is 0.348 e. The van der Waals surface area contributed by atoms with Crippen LogP contribution >= 0.6 is 0 Å². The van der Waals surface area contributed by atoms with Crippen molar-refractivity contribution in [2.45, 2.75) is 27.3 Å². The lowest BCUT2D eigenvalue weighted by atomic mass is 10.1. The third-order valence-corrected chi connectivity index (χ3v) is 4.27. The first kappa shape index (κ1) is 19.3. The molecular formula is C23H23N3O2. The molecule has 0 aliphatic heterocycles. The van der Waals surface area contributed by atoms with Gasteiger partial charge >= 0.3 is 0 Å². The van der Waals surface area contributed by atoms with Gasteiger partial charge in [0.1, 0.15) is 5.69 Å². The number of nitrogens with zero attached hydrogens (tertiary/aromatic N) is 1. The minimum absolute atomic E-state index is 0.197. The van der Waals surface area contributed by atoms with Gasteiger partial charge in [-0.05, 0) is 61.7 Å². The van der Waals surface area contributed by atoms with E-state index in [1.807, 2.05) is 63.2 Å². The van der Waals surface area contributed by atoms with E-state index in [0.29, 0.717) is 17.8 Å². The Morgan fingerprint density at radius 3 is 2.32 bits per heavy atom. The summed E-state index contributed by atoms with van der Waals surface area (Å²) in [7, 11) is 0. The highest BCUT2D eigenvalue weighted by Gasteiger charge is 2.12. The number of aryl methyl sites for hydroxylation is 3. The van der Waals surface area contributed by atoms with Crippen LogP contribution in [-0.2, 0) is 6.54 Å². The molecule has 0 bridgehead atoms. The van der Waals surface area contributed by atoms with Gasteiger partial charge in [0.2, 0.25) is 0 Å². The number of benzene rings is 2. The molecule has 0 fully saturated rings. The number of amides is 2. The van der Waals surface area contributed by atoms with Crippen molar-refractivity contribution in [3.8, 4) is 0 Å². The molecule has 0 spiro atoms. The molecule has 0 radical (unpaired) electrons. The van der Waals surface area contributed by atoms with Crippen LogP contribution in [0.3, 0.4) is 0 Å². The average Bonchev–Trinajstić information content (AvgIpc) is 2.65. The highest BCUT2D eigenvalue weighted by atomic mass is 16.2. The Kier molecular flexibility index (Phi) is 5.84. The summed E-state index contributed by atoms with van der Waals surface area (Å²) in [6.45, 7) is 6.38. The van der Waals surface area contributed by atoms with Gasteiger partial charge in [0.05, 0.1) is 0 Å². The third kappa shape index (κ3) is 5.04. The molecule has 3 rings (SSSR count). The van der Waals surface area contributed by atoms with Gasteiger partial charge in [0.25, 0.3) is 11.8 Å². The monoisotopic (exact) mass is 373 g/mol. The molecular weight excluding hydrogens is 350 g/mol. The van der Waals surface area contributed by atoms with Crippen LogP contribution in [0.2, 0.25) is 0 Å². The van der Waals surface area contributed by atoms with Gasteiger partial charge in [0, 0.05) is 24.0 Å². The highest BCUT2D eigenvalue weighted by molar-refractivity contribution is 6.04. The average molecular weight is 373 g/mol. The lowest BCUT2D eigenvalue weighted by Gasteiger charge is -2.09. The number of pyridine rings is 1. The fourth-order valence-corrected chi connectivity index (χ4v) is 3.04. The molecule has 2 amide bonds. The molecule has 3 aromatic rings. The van der Waals surface area contributed by atoms with Crippen molar-refractivity contribution in [3.05, 3.63) is 94.3 Å². The lowest BCUT2D eigenvalue weighted by molar-refractivity contribution is 0.0950. The van der Waals surface area contributed by atoms with Crippen molar-refractivity contribution in [3.63, 3.8) is 0 Å². The molecule has 0 aliphatic rings. The Labute approximate surface area is 164 Å². The van der Waals surface area contributed by atoms with E-state index in [4.69, 9.17) is 0 Å². The first-order valence-corrected chi connectivity index (χ1v) is 9.10. The Hall–Kier alpha value is -3.47. The lowest BCUT2D eigenvalue weighted by Crippen LogP contribution is -2.23. The van der Waals surface area contributed by atoms with Crippen LogP contribution in [-0.4, -0.2) is 16.8 Å². The normalized spacial score (nSPS) is 10.4. The molecule has 0 aliphatic carbocycles. The van der Waals surface area contributed by atoms with E-state index < -0.39 is 0 Å². The predicted octanol–water partition coefficient (Wildman–Crippen LogP) is 4.19. The quantitative estimate of drug-likeness (QED) is 0.704. The predicted molar refractivity (Wildman–Crippen MR) is 110 cm³/mol. The van der Waals surface area contributed by atoms with Gasteiger partial charge in [-0.25, -0.2) is 0 Å². The van der Waals surface area contributed by atoms with Crippen LogP contribution in [0.25, 0.3) is 0 Å². The molecule has 1 heterocycles. The van der Waals surface area contributed by atoms with Crippen molar-refractivity contribution >= 4 is 17.5 Å². The van der Waals surface area contributed by atoms with Crippen molar-refractivity contribution in [1.29, 1.82) is 0 Å². The SMILES string of the molecule is Cc1cccc(CNC(=O)c2ccnc(C(=O)Nc3cc(C)cc(C)c3)c2)c1. The van der Waals surface area contributed by atoms with Crippen molar-refractivity contribution in [2.24, 2.45) is 0 Å². The van der Waals surface area contributed by atoms with Gasteiger partial charge < -0.3 is 10.6 Å². The smallest absolute Gasteiger partial charge is 0.274 e. The molecule has 0 atom stereocenters. The van der Waals surface area contributed by atoms with Gasteiger partial charge in [0.15, 0.2) is 0 Å². The number of hydrogen-bond donors (Lipinski definition) is 2. The molecule has 0 saturated heterocycles.